The molecule has 0 amide bonds. The Kier molecular flexibility index (Phi) is 2.11. The van der Waals surface area contributed by atoms with Gasteiger partial charge in [-0.15, -0.1) is 0 Å². The van der Waals surface area contributed by atoms with Crippen LogP contribution in [0.4, 0.5) is 5.69 Å². The summed E-state index contributed by atoms with van der Waals surface area (Å²) in [6, 6.07) is 5.30. The molecule has 1 aromatic heterocycles. The summed E-state index contributed by atoms with van der Waals surface area (Å²) >= 11 is 5.93. The fourth-order valence-electron chi connectivity index (χ4n) is 1.52. The molecule has 1 fully saturated rings. The summed E-state index contributed by atoms with van der Waals surface area (Å²) in [4.78, 5) is 4.34. The molecular weight excluding hydrogens is 226 g/mol. The van der Waals surface area contributed by atoms with Crippen LogP contribution < -0.4 is 5.73 Å². The molecule has 0 aliphatic heterocycles. The lowest BCUT2D eigenvalue weighted by Gasteiger charge is -1.98. The van der Waals surface area contributed by atoms with Gasteiger partial charge in [0.1, 0.15) is 0 Å². The fourth-order valence-corrected chi connectivity index (χ4v) is 1.70. The van der Waals surface area contributed by atoms with Crippen molar-refractivity contribution in [3.05, 3.63) is 29.0 Å². The van der Waals surface area contributed by atoms with Gasteiger partial charge >= 0.3 is 0 Å². The van der Waals surface area contributed by atoms with Gasteiger partial charge in [0.2, 0.25) is 0 Å². The Morgan fingerprint density at radius 3 is 2.88 bits per heavy atom. The standard InChI is InChI=1S/C11H10ClN3O/c12-8-5-7(3-4-9(8)13)11-14-10(15-16-11)6-1-2-6/h3-6H,1-2,13H2. The molecule has 16 heavy (non-hydrogen) atoms. The zero-order valence-corrected chi connectivity index (χ0v) is 9.24. The van der Waals surface area contributed by atoms with Crippen molar-refractivity contribution in [1.29, 1.82) is 0 Å². The van der Waals surface area contributed by atoms with Crippen molar-refractivity contribution in [3.63, 3.8) is 0 Å². The minimum atomic E-state index is 0.488. The van der Waals surface area contributed by atoms with Gasteiger partial charge in [-0.2, -0.15) is 4.98 Å². The molecule has 0 atom stereocenters. The Hall–Kier alpha value is -1.55. The van der Waals surface area contributed by atoms with Gasteiger partial charge < -0.3 is 10.3 Å². The van der Waals surface area contributed by atoms with E-state index >= 15 is 0 Å². The average Bonchev–Trinajstić information content (AvgIpc) is 3.01. The van der Waals surface area contributed by atoms with Crippen LogP contribution in [-0.2, 0) is 0 Å². The molecule has 0 saturated heterocycles. The van der Waals surface area contributed by atoms with E-state index in [0.29, 0.717) is 22.5 Å². The minimum absolute atomic E-state index is 0.488. The highest BCUT2D eigenvalue weighted by atomic mass is 35.5. The summed E-state index contributed by atoms with van der Waals surface area (Å²) < 4.78 is 5.19. The predicted octanol–water partition coefficient (Wildman–Crippen LogP) is 2.85. The first-order valence-corrected chi connectivity index (χ1v) is 5.51. The molecule has 1 heterocycles. The maximum Gasteiger partial charge on any atom is 0.257 e. The van der Waals surface area contributed by atoms with Crippen molar-refractivity contribution in [2.24, 2.45) is 0 Å². The smallest absolute Gasteiger partial charge is 0.257 e. The topological polar surface area (TPSA) is 64.9 Å². The monoisotopic (exact) mass is 235 g/mol. The summed E-state index contributed by atoms with van der Waals surface area (Å²) in [5.74, 6) is 1.79. The number of hydrogen-bond acceptors (Lipinski definition) is 4. The number of anilines is 1. The van der Waals surface area contributed by atoms with Crippen LogP contribution in [0.5, 0.6) is 0 Å². The molecule has 0 unspecified atom stereocenters. The van der Waals surface area contributed by atoms with Crippen LogP contribution in [0.15, 0.2) is 22.7 Å². The molecule has 1 aromatic carbocycles. The molecule has 2 N–H and O–H groups in total. The lowest BCUT2D eigenvalue weighted by Crippen LogP contribution is -1.87. The highest BCUT2D eigenvalue weighted by Crippen LogP contribution is 2.39. The largest absolute Gasteiger partial charge is 0.398 e. The third-order valence-corrected chi connectivity index (χ3v) is 2.96. The van der Waals surface area contributed by atoms with Crippen LogP contribution in [0.3, 0.4) is 0 Å². The molecule has 3 rings (SSSR count). The summed E-state index contributed by atoms with van der Waals surface area (Å²) in [5.41, 5.74) is 6.98. The van der Waals surface area contributed by atoms with Crippen LogP contribution in [0.2, 0.25) is 5.02 Å². The number of nitrogen functional groups attached to an aromatic ring is 1. The Bertz CT molecular complexity index is 534. The van der Waals surface area contributed by atoms with E-state index in [1.165, 1.54) is 0 Å². The number of halogens is 1. The molecule has 5 heteroatoms. The van der Waals surface area contributed by atoms with E-state index in [9.17, 15) is 0 Å². The van der Waals surface area contributed by atoms with Gasteiger partial charge in [-0.3, -0.25) is 0 Å². The second-order valence-electron chi connectivity index (χ2n) is 3.97. The lowest BCUT2D eigenvalue weighted by atomic mass is 10.2. The number of rotatable bonds is 2. The quantitative estimate of drug-likeness (QED) is 0.813. The Morgan fingerprint density at radius 1 is 1.38 bits per heavy atom. The zero-order valence-electron chi connectivity index (χ0n) is 8.48. The summed E-state index contributed by atoms with van der Waals surface area (Å²) in [7, 11) is 0. The molecule has 0 spiro atoms. The summed E-state index contributed by atoms with van der Waals surface area (Å²) in [5, 5.41) is 4.45. The zero-order chi connectivity index (χ0) is 11.1. The number of benzene rings is 1. The van der Waals surface area contributed by atoms with Gasteiger partial charge in [-0.1, -0.05) is 16.8 Å². The van der Waals surface area contributed by atoms with Gasteiger partial charge in [-0.05, 0) is 31.0 Å². The molecule has 1 aliphatic carbocycles. The van der Waals surface area contributed by atoms with E-state index in [2.05, 4.69) is 10.1 Å². The lowest BCUT2D eigenvalue weighted by molar-refractivity contribution is 0.422. The molecule has 2 aromatic rings. The van der Waals surface area contributed by atoms with Crippen molar-refractivity contribution in [2.45, 2.75) is 18.8 Å². The third kappa shape index (κ3) is 1.65. The van der Waals surface area contributed by atoms with Crippen LogP contribution in [0.1, 0.15) is 24.6 Å². The normalized spacial score (nSPS) is 15.3. The van der Waals surface area contributed by atoms with E-state index in [4.69, 9.17) is 21.9 Å². The minimum Gasteiger partial charge on any atom is -0.398 e. The van der Waals surface area contributed by atoms with Crippen LogP contribution >= 0.6 is 11.6 Å². The first kappa shape index (κ1) is 9.66. The maximum atomic E-state index is 5.93. The number of nitrogens with zero attached hydrogens (tertiary/aromatic N) is 2. The molecule has 1 saturated carbocycles. The number of nitrogens with two attached hydrogens (primary N) is 1. The predicted molar refractivity (Wildman–Crippen MR) is 61.1 cm³/mol. The second kappa shape index (κ2) is 3.49. The highest BCUT2D eigenvalue weighted by molar-refractivity contribution is 6.33. The molecule has 1 aliphatic rings. The van der Waals surface area contributed by atoms with E-state index in [-0.39, 0.29) is 0 Å². The van der Waals surface area contributed by atoms with Crippen molar-refractivity contribution in [1.82, 2.24) is 10.1 Å². The molecular formula is C11H10ClN3O. The third-order valence-electron chi connectivity index (χ3n) is 2.63. The Morgan fingerprint density at radius 2 is 2.19 bits per heavy atom. The SMILES string of the molecule is Nc1ccc(-c2nc(C3CC3)no2)cc1Cl. The van der Waals surface area contributed by atoms with E-state index in [1.54, 1.807) is 12.1 Å². The Balaban J connectivity index is 1.97. The van der Waals surface area contributed by atoms with Gasteiger partial charge in [0, 0.05) is 11.5 Å². The maximum absolute atomic E-state index is 5.93. The van der Waals surface area contributed by atoms with Crippen LogP contribution in [0, 0.1) is 0 Å². The van der Waals surface area contributed by atoms with E-state index in [0.717, 1.165) is 24.2 Å². The van der Waals surface area contributed by atoms with Crippen molar-refractivity contribution < 1.29 is 4.52 Å². The van der Waals surface area contributed by atoms with Gasteiger partial charge in [0.05, 0.1) is 10.7 Å². The average molecular weight is 236 g/mol. The molecule has 82 valence electrons. The van der Waals surface area contributed by atoms with Crippen molar-refractivity contribution in [3.8, 4) is 11.5 Å². The molecule has 0 radical (unpaired) electrons. The number of aromatic nitrogens is 2. The number of hydrogen-bond donors (Lipinski definition) is 1. The van der Waals surface area contributed by atoms with Gasteiger partial charge in [0.25, 0.3) is 5.89 Å². The van der Waals surface area contributed by atoms with E-state index < -0.39 is 0 Å². The van der Waals surface area contributed by atoms with E-state index in [1.807, 2.05) is 6.07 Å². The first-order chi connectivity index (χ1) is 7.74. The molecule has 4 nitrogen and oxygen atoms in total. The summed E-state index contributed by atoms with van der Waals surface area (Å²) in [6.45, 7) is 0. The first-order valence-electron chi connectivity index (χ1n) is 5.13. The Labute approximate surface area is 97.4 Å². The van der Waals surface area contributed by atoms with Crippen LogP contribution in [-0.4, -0.2) is 10.1 Å². The fraction of sp³-hybridized carbons (Fsp3) is 0.273. The highest BCUT2D eigenvalue weighted by Gasteiger charge is 2.28. The summed E-state index contributed by atoms with van der Waals surface area (Å²) in [6.07, 6.45) is 2.31. The van der Waals surface area contributed by atoms with Gasteiger partial charge in [-0.25, -0.2) is 0 Å². The van der Waals surface area contributed by atoms with Crippen molar-refractivity contribution >= 4 is 17.3 Å². The van der Waals surface area contributed by atoms with Crippen molar-refractivity contribution in [2.75, 3.05) is 5.73 Å². The second-order valence-corrected chi connectivity index (χ2v) is 4.38. The molecule has 0 bridgehead atoms. The van der Waals surface area contributed by atoms with Crippen LogP contribution in [0.25, 0.3) is 11.5 Å². The van der Waals surface area contributed by atoms with Gasteiger partial charge in [0.15, 0.2) is 5.82 Å².